The lowest BCUT2D eigenvalue weighted by Crippen LogP contribution is -2.26. The van der Waals surface area contributed by atoms with Crippen LogP contribution in [0.1, 0.15) is 24.0 Å². The third kappa shape index (κ3) is 4.38. The van der Waals surface area contributed by atoms with Crippen LogP contribution in [0.3, 0.4) is 0 Å². The van der Waals surface area contributed by atoms with Crippen LogP contribution in [0, 0.1) is 0 Å². The lowest BCUT2D eigenvalue weighted by molar-refractivity contribution is -0.137. The molecule has 0 saturated heterocycles. The van der Waals surface area contributed by atoms with E-state index in [0.29, 0.717) is 6.42 Å². The first-order valence-electron chi connectivity index (χ1n) is 6.54. The summed E-state index contributed by atoms with van der Waals surface area (Å²) in [6.07, 6.45) is 9.11. The van der Waals surface area contributed by atoms with E-state index in [9.17, 15) is 4.79 Å². The number of carboxylic acids is 1. The molecular weight excluding hydrogens is 238 g/mol. The van der Waals surface area contributed by atoms with Crippen molar-refractivity contribution in [3.8, 4) is 0 Å². The molecule has 0 saturated carbocycles. The van der Waals surface area contributed by atoms with E-state index in [1.54, 1.807) is 0 Å². The quantitative estimate of drug-likeness (QED) is 0.822. The number of aliphatic carboxylic acids is 1. The van der Waals surface area contributed by atoms with Crippen LogP contribution in [0.15, 0.2) is 48.1 Å². The highest BCUT2D eigenvalue weighted by Crippen LogP contribution is 2.17. The molecule has 3 N–H and O–H groups in total. The third-order valence-corrected chi connectivity index (χ3v) is 3.18. The minimum atomic E-state index is -0.843. The second kappa shape index (κ2) is 6.34. The van der Waals surface area contributed by atoms with Crippen molar-refractivity contribution >= 4 is 5.97 Å². The fourth-order valence-corrected chi connectivity index (χ4v) is 2.34. The van der Waals surface area contributed by atoms with Crippen molar-refractivity contribution < 1.29 is 9.90 Å². The largest absolute Gasteiger partial charge is 0.481 e. The maximum Gasteiger partial charge on any atom is 0.304 e. The van der Waals surface area contributed by atoms with Crippen molar-refractivity contribution in [2.45, 2.75) is 31.7 Å². The Morgan fingerprint density at radius 2 is 2.16 bits per heavy atom. The number of allylic oxidation sites excluding steroid dienone is 4. The number of rotatable bonds is 6. The van der Waals surface area contributed by atoms with Crippen molar-refractivity contribution in [3.05, 3.63) is 59.2 Å². The average molecular weight is 257 g/mol. The van der Waals surface area contributed by atoms with Crippen molar-refractivity contribution in [2.75, 3.05) is 0 Å². The summed E-state index contributed by atoms with van der Waals surface area (Å²) in [4.78, 5) is 10.6. The molecule has 19 heavy (non-hydrogen) atoms. The van der Waals surface area contributed by atoms with E-state index in [4.69, 9.17) is 10.8 Å². The summed E-state index contributed by atoms with van der Waals surface area (Å²) < 4.78 is 0. The number of hydrogen-bond donors (Lipinski definition) is 2. The van der Waals surface area contributed by atoms with Crippen molar-refractivity contribution in [2.24, 2.45) is 5.73 Å². The number of nitrogens with two attached hydrogens (primary N) is 1. The zero-order valence-electron chi connectivity index (χ0n) is 10.9. The number of carboxylic acid groups (broad SMARTS) is 1. The molecule has 0 aliphatic heterocycles. The van der Waals surface area contributed by atoms with Gasteiger partial charge in [-0.2, -0.15) is 0 Å². The third-order valence-electron chi connectivity index (χ3n) is 3.18. The molecule has 1 aliphatic carbocycles. The van der Waals surface area contributed by atoms with Gasteiger partial charge in [0.25, 0.3) is 0 Å². The predicted molar refractivity (Wildman–Crippen MR) is 75.9 cm³/mol. The van der Waals surface area contributed by atoms with E-state index in [2.05, 4.69) is 30.4 Å². The minimum Gasteiger partial charge on any atom is -0.481 e. The second-order valence-corrected chi connectivity index (χ2v) is 4.98. The van der Waals surface area contributed by atoms with Crippen LogP contribution in [-0.2, 0) is 17.6 Å². The topological polar surface area (TPSA) is 63.3 Å². The highest BCUT2D eigenvalue weighted by molar-refractivity contribution is 5.67. The molecule has 3 heteroatoms. The maximum absolute atomic E-state index is 10.6. The van der Waals surface area contributed by atoms with E-state index in [1.807, 2.05) is 12.1 Å². The summed E-state index contributed by atoms with van der Waals surface area (Å²) >= 11 is 0. The highest BCUT2D eigenvalue weighted by Gasteiger charge is 2.09. The standard InChI is InChI=1S/C16H19NO2/c17-15(11-16(18)19)10-14-7-3-6-13(9-14)8-12-4-1-2-5-12/h1,3-7,9,15H,2,8,10-11,17H2,(H,18,19)/t15-/m0/s1. The zero-order chi connectivity index (χ0) is 13.7. The normalized spacial score (nSPS) is 15.3. The Balaban J connectivity index is 1.98. The van der Waals surface area contributed by atoms with Crippen LogP contribution < -0.4 is 5.73 Å². The highest BCUT2D eigenvalue weighted by atomic mass is 16.4. The van der Waals surface area contributed by atoms with Crippen LogP contribution >= 0.6 is 0 Å². The molecular formula is C16H19NO2. The Morgan fingerprint density at radius 1 is 1.37 bits per heavy atom. The Bertz CT molecular complexity index is 517. The molecule has 0 heterocycles. The molecule has 0 fully saturated rings. The summed E-state index contributed by atoms with van der Waals surface area (Å²) in [5, 5.41) is 8.71. The van der Waals surface area contributed by atoms with Crippen molar-refractivity contribution in [1.29, 1.82) is 0 Å². The Kier molecular flexibility index (Phi) is 4.53. The van der Waals surface area contributed by atoms with Gasteiger partial charge in [-0.3, -0.25) is 4.79 Å². The molecule has 0 unspecified atom stereocenters. The lowest BCUT2D eigenvalue weighted by Gasteiger charge is -2.10. The molecule has 1 aromatic carbocycles. The summed E-state index contributed by atoms with van der Waals surface area (Å²) in [7, 11) is 0. The van der Waals surface area contributed by atoms with Gasteiger partial charge in [0.05, 0.1) is 6.42 Å². The summed E-state index contributed by atoms with van der Waals surface area (Å²) in [5.74, 6) is -0.843. The van der Waals surface area contributed by atoms with Gasteiger partial charge in [0, 0.05) is 6.04 Å². The predicted octanol–water partition coefficient (Wildman–Crippen LogP) is 2.46. The van der Waals surface area contributed by atoms with E-state index >= 15 is 0 Å². The maximum atomic E-state index is 10.6. The van der Waals surface area contributed by atoms with Crippen LogP contribution in [0.5, 0.6) is 0 Å². The van der Waals surface area contributed by atoms with Gasteiger partial charge in [0.1, 0.15) is 0 Å². The second-order valence-electron chi connectivity index (χ2n) is 4.98. The van der Waals surface area contributed by atoms with Gasteiger partial charge < -0.3 is 10.8 Å². The molecule has 0 amide bonds. The Labute approximate surface area is 113 Å². The molecule has 0 radical (unpaired) electrons. The van der Waals surface area contributed by atoms with E-state index in [-0.39, 0.29) is 12.5 Å². The molecule has 0 spiro atoms. The Hall–Kier alpha value is -1.87. The van der Waals surface area contributed by atoms with Gasteiger partial charge >= 0.3 is 5.97 Å². The fraction of sp³-hybridized carbons (Fsp3) is 0.312. The van der Waals surface area contributed by atoms with Crippen LogP contribution in [0.4, 0.5) is 0 Å². The summed E-state index contributed by atoms with van der Waals surface area (Å²) in [5.41, 5.74) is 9.51. The first kappa shape index (κ1) is 13.6. The van der Waals surface area contributed by atoms with Crippen molar-refractivity contribution in [3.63, 3.8) is 0 Å². The molecule has 1 atom stereocenters. The van der Waals surface area contributed by atoms with Crippen molar-refractivity contribution in [1.82, 2.24) is 0 Å². The lowest BCUT2D eigenvalue weighted by atomic mass is 9.99. The van der Waals surface area contributed by atoms with Crippen LogP contribution in [0.25, 0.3) is 0 Å². The average Bonchev–Trinajstić information content (AvgIpc) is 2.81. The summed E-state index contributed by atoms with van der Waals surface area (Å²) in [6, 6.07) is 7.91. The number of hydrogen-bond acceptors (Lipinski definition) is 2. The molecule has 0 aromatic heterocycles. The van der Waals surface area contributed by atoms with E-state index in [1.165, 1.54) is 11.1 Å². The molecule has 0 bridgehead atoms. The van der Waals surface area contributed by atoms with Gasteiger partial charge in [-0.25, -0.2) is 0 Å². The van der Waals surface area contributed by atoms with Gasteiger partial charge in [0.2, 0.25) is 0 Å². The molecule has 1 aliphatic rings. The van der Waals surface area contributed by atoms with E-state index < -0.39 is 5.97 Å². The van der Waals surface area contributed by atoms with Gasteiger partial charge in [-0.05, 0) is 36.0 Å². The molecule has 100 valence electrons. The smallest absolute Gasteiger partial charge is 0.304 e. The number of benzene rings is 1. The van der Waals surface area contributed by atoms with Crippen LogP contribution in [0.2, 0.25) is 0 Å². The molecule has 1 aromatic rings. The molecule has 2 rings (SSSR count). The van der Waals surface area contributed by atoms with Gasteiger partial charge in [-0.1, -0.05) is 42.5 Å². The SMILES string of the molecule is N[C@H](CC(=O)O)Cc1cccc(CC2=CCC=C2)c1. The zero-order valence-corrected chi connectivity index (χ0v) is 10.9. The summed E-state index contributed by atoms with van der Waals surface area (Å²) in [6.45, 7) is 0. The monoisotopic (exact) mass is 257 g/mol. The Morgan fingerprint density at radius 3 is 2.84 bits per heavy atom. The first-order valence-corrected chi connectivity index (χ1v) is 6.54. The van der Waals surface area contributed by atoms with E-state index in [0.717, 1.165) is 18.4 Å². The number of carbonyl (C=O) groups is 1. The van der Waals surface area contributed by atoms with Gasteiger partial charge in [-0.15, -0.1) is 0 Å². The van der Waals surface area contributed by atoms with Crippen LogP contribution in [-0.4, -0.2) is 17.1 Å². The fourth-order valence-electron chi connectivity index (χ4n) is 2.34. The first-order chi connectivity index (χ1) is 9.13. The molecule has 3 nitrogen and oxygen atoms in total. The minimum absolute atomic E-state index is 0.0120. The van der Waals surface area contributed by atoms with Gasteiger partial charge in [0.15, 0.2) is 0 Å².